The Bertz CT molecular complexity index is 1090. The Morgan fingerprint density at radius 1 is 0.538 bits per heavy atom. The number of hydrogen-bond donors (Lipinski definition) is 0. The van der Waals surface area contributed by atoms with Crippen LogP contribution in [0.1, 0.15) is 20.7 Å². The Morgan fingerprint density at radius 3 is 1.38 bits per heavy atom. The van der Waals surface area contributed by atoms with Crippen molar-refractivity contribution in [3.8, 4) is 0 Å². The summed E-state index contributed by atoms with van der Waals surface area (Å²) in [4.78, 5) is 25.6. The molecular weight excluding hydrogens is 343 g/mol. The molecule has 3 nitrogen and oxygen atoms in total. The van der Waals surface area contributed by atoms with Gasteiger partial charge in [-0.05, 0) is 33.7 Å². The molecule has 0 spiro atoms. The molecule has 0 aromatic heterocycles. The molecule has 125 valence electrons. The molecule has 26 heavy (non-hydrogen) atoms. The van der Waals surface area contributed by atoms with E-state index < -0.39 is 18.8 Å². The van der Waals surface area contributed by atoms with Gasteiger partial charge in [-0.25, -0.2) is 0 Å². The van der Waals surface area contributed by atoms with Gasteiger partial charge in [0, 0.05) is 11.1 Å². The second-order valence-corrected chi connectivity index (χ2v) is 7.36. The Morgan fingerprint density at radius 2 is 0.923 bits per heavy atom. The zero-order valence-electron chi connectivity index (χ0n) is 13.8. The first-order valence-electron chi connectivity index (χ1n) is 8.18. The largest absolute Gasteiger partial charge is 0.281 e. The third-order valence-electron chi connectivity index (χ3n) is 4.41. The van der Waals surface area contributed by atoms with E-state index in [1.165, 1.54) is 0 Å². The number of rotatable bonds is 4. The van der Waals surface area contributed by atoms with Gasteiger partial charge in [0.05, 0.1) is 0 Å². The fraction of sp³-hybridized carbons (Fsp3) is 0. The molecule has 4 aromatic carbocycles. The molecular formula is C22H14O3P. The molecule has 4 heteroatoms. The van der Waals surface area contributed by atoms with Crippen molar-refractivity contribution < 1.29 is 14.2 Å². The minimum Gasteiger partial charge on any atom is -0.281 e. The Balaban J connectivity index is 1.77. The van der Waals surface area contributed by atoms with Gasteiger partial charge in [-0.1, -0.05) is 72.8 Å². The van der Waals surface area contributed by atoms with Gasteiger partial charge in [0.25, 0.3) is 0 Å². The lowest BCUT2D eigenvalue weighted by atomic mass is 10.1. The molecule has 1 radical (unpaired) electrons. The monoisotopic (exact) mass is 357 g/mol. The predicted octanol–water partition coefficient (Wildman–Crippen LogP) is 5.80. The Labute approximate surface area is 151 Å². The van der Waals surface area contributed by atoms with Gasteiger partial charge in [-0.3, -0.25) is 14.2 Å². The van der Waals surface area contributed by atoms with Gasteiger partial charge < -0.3 is 0 Å². The highest BCUT2D eigenvalue weighted by molar-refractivity contribution is 7.80. The van der Waals surface area contributed by atoms with Crippen LogP contribution in [0.4, 0.5) is 0 Å². The zero-order valence-corrected chi connectivity index (χ0v) is 14.6. The lowest BCUT2D eigenvalue weighted by molar-refractivity contribution is 0.104. The Kier molecular flexibility index (Phi) is 4.16. The zero-order chi connectivity index (χ0) is 18.1. The standard InChI is InChI=1S/C22H14O3P/c23-21(19-13-5-9-15-7-1-3-11-17(15)19)26(25)22(24)20-14-6-10-16-8-2-4-12-18(16)20/h1-14H. The van der Waals surface area contributed by atoms with Crippen molar-refractivity contribution in [3.63, 3.8) is 0 Å². The number of fused-ring (bicyclic) bond motifs is 2. The van der Waals surface area contributed by atoms with E-state index in [2.05, 4.69) is 0 Å². The van der Waals surface area contributed by atoms with Crippen molar-refractivity contribution in [3.05, 3.63) is 96.1 Å². The summed E-state index contributed by atoms with van der Waals surface area (Å²) in [6.07, 6.45) is 0. The SMILES string of the molecule is O=C(c1cccc2ccccc12)[P](=O)C(=O)c1cccc2ccccc12. The first-order chi connectivity index (χ1) is 12.7. The van der Waals surface area contributed by atoms with E-state index in [0.29, 0.717) is 21.9 Å². The van der Waals surface area contributed by atoms with Crippen molar-refractivity contribution in [2.24, 2.45) is 0 Å². The normalized spacial score (nSPS) is 10.8. The average molecular weight is 357 g/mol. The smallest absolute Gasteiger partial charge is 0.250 e. The number of hydrogen-bond acceptors (Lipinski definition) is 3. The molecule has 0 bridgehead atoms. The van der Waals surface area contributed by atoms with E-state index in [0.717, 1.165) is 10.8 Å². The fourth-order valence-electron chi connectivity index (χ4n) is 3.13. The lowest BCUT2D eigenvalue weighted by Gasteiger charge is -2.07. The van der Waals surface area contributed by atoms with Crippen LogP contribution in [0.15, 0.2) is 84.9 Å². The minimum absolute atomic E-state index is 0.317. The van der Waals surface area contributed by atoms with E-state index in [9.17, 15) is 14.2 Å². The van der Waals surface area contributed by atoms with Crippen molar-refractivity contribution in [2.45, 2.75) is 0 Å². The van der Waals surface area contributed by atoms with E-state index in [4.69, 9.17) is 0 Å². The predicted molar refractivity (Wildman–Crippen MR) is 104 cm³/mol. The van der Waals surface area contributed by atoms with E-state index in [1.54, 1.807) is 36.4 Å². The molecule has 0 aliphatic heterocycles. The van der Waals surface area contributed by atoms with Gasteiger partial charge in [0.2, 0.25) is 18.8 Å². The van der Waals surface area contributed by atoms with Crippen molar-refractivity contribution in [1.29, 1.82) is 0 Å². The van der Waals surface area contributed by atoms with Crippen molar-refractivity contribution in [1.82, 2.24) is 0 Å². The average Bonchev–Trinajstić information content (AvgIpc) is 2.71. The van der Waals surface area contributed by atoms with Crippen LogP contribution in [0.5, 0.6) is 0 Å². The maximum atomic E-state index is 12.8. The first kappa shape index (κ1) is 16.3. The van der Waals surface area contributed by atoms with E-state index in [1.807, 2.05) is 48.5 Å². The minimum atomic E-state index is -2.73. The molecule has 4 aromatic rings. The molecule has 0 saturated carbocycles. The molecule has 0 unspecified atom stereocenters. The Hall–Kier alpha value is -3.16. The summed E-state index contributed by atoms with van der Waals surface area (Å²) in [5.41, 5.74) is -0.625. The maximum absolute atomic E-state index is 12.8. The molecule has 0 aliphatic rings. The topological polar surface area (TPSA) is 51.2 Å². The summed E-state index contributed by atoms with van der Waals surface area (Å²) in [6.45, 7) is 0. The van der Waals surface area contributed by atoms with Crippen molar-refractivity contribution in [2.75, 3.05) is 0 Å². The number of benzene rings is 4. The lowest BCUT2D eigenvalue weighted by Crippen LogP contribution is -2.03. The summed E-state index contributed by atoms with van der Waals surface area (Å²) >= 11 is 0. The molecule has 4 rings (SSSR count). The molecule has 0 heterocycles. The van der Waals surface area contributed by atoms with Crippen LogP contribution in [0, 0.1) is 0 Å². The highest BCUT2D eigenvalue weighted by Gasteiger charge is 2.26. The van der Waals surface area contributed by atoms with Crippen LogP contribution in [-0.4, -0.2) is 11.0 Å². The number of carbonyl (C=O) groups is 2. The highest BCUT2D eigenvalue weighted by Crippen LogP contribution is 2.36. The molecule has 0 N–H and O–H groups in total. The highest BCUT2D eigenvalue weighted by atomic mass is 31.1. The molecule has 0 fully saturated rings. The second kappa shape index (κ2) is 6.62. The summed E-state index contributed by atoms with van der Waals surface area (Å²) in [7, 11) is -2.73. The second-order valence-electron chi connectivity index (χ2n) is 5.96. The van der Waals surface area contributed by atoms with Crippen molar-refractivity contribution >= 4 is 40.4 Å². The third-order valence-corrected chi connectivity index (χ3v) is 5.63. The molecule has 0 amide bonds. The van der Waals surface area contributed by atoms with Crippen LogP contribution in [0.2, 0.25) is 0 Å². The van der Waals surface area contributed by atoms with Crippen LogP contribution in [0.25, 0.3) is 21.5 Å². The quantitative estimate of drug-likeness (QED) is 0.434. The van der Waals surface area contributed by atoms with Gasteiger partial charge in [-0.15, -0.1) is 0 Å². The summed E-state index contributed by atoms with van der Waals surface area (Å²) in [5, 5.41) is 3.15. The molecule has 0 atom stereocenters. The first-order valence-corrected chi connectivity index (χ1v) is 9.44. The summed E-state index contributed by atoms with van der Waals surface area (Å²) in [6, 6.07) is 25.2. The maximum Gasteiger partial charge on any atom is 0.250 e. The molecule has 0 aliphatic carbocycles. The number of carbonyl (C=O) groups excluding carboxylic acids is 2. The van der Waals surface area contributed by atoms with Crippen LogP contribution in [0.3, 0.4) is 0 Å². The van der Waals surface area contributed by atoms with Gasteiger partial charge in [0.15, 0.2) is 0 Å². The van der Waals surface area contributed by atoms with Gasteiger partial charge in [0.1, 0.15) is 0 Å². The van der Waals surface area contributed by atoms with E-state index in [-0.39, 0.29) is 0 Å². The van der Waals surface area contributed by atoms with E-state index >= 15 is 0 Å². The van der Waals surface area contributed by atoms with Crippen LogP contribution >= 0.6 is 7.80 Å². The summed E-state index contributed by atoms with van der Waals surface area (Å²) < 4.78 is 12.8. The van der Waals surface area contributed by atoms with Gasteiger partial charge in [-0.2, -0.15) is 0 Å². The summed E-state index contributed by atoms with van der Waals surface area (Å²) in [5.74, 6) is 0. The van der Waals surface area contributed by atoms with Crippen LogP contribution in [-0.2, 0) is 4.57 Å². The third kappa shape index (κ3) is 2.73. The van der Waals surface area contributed by atoms with Crippen LogP contribution < -0.4 is 0 Å². The van der Waals surface area contributed by atoms with Gasteiger partial charge >= 0.3 is 0 Å². The molecule has 0 saturated heterocycles. The fourth-order valence-corrected chi connectivity index (χ4v) is 4.15.